The van der Waals surface area contributed by atoms with Gasteiger partial charge in [0.1, 0.15) is 0 Å². The molecule has 11 heavy (non-hydrogen) atoms. The van der Waals surface area contributed by atoms with Crippen LogP contribution < -0.4 is 0 Å². The van der Waals surface area contributed by atoms with Gasteiger partial charge in [-0.15, -0.1) is 0 Å². The monoisotopic (exact) mass is 257 g/mol. The average Bonchev–Trinajstić information content (AvgIpc) is 1.14. The number of rotatable bonds is 2. The van der Waals surface area contributed by atoms with Gasteiger partial charge in [0.2, 0.25) is 0 Å². The summed E-state index contributed by atoms with van der Waals surface area (Å²) < 4.78 is 22.2. The van der Waals surface area contributed by atoms with Crippen LogP contribution in [-0.4, -0.2) is 49.1 Å². The molecule has 0 aromatic heterocycles. The van der Waals surface area contributed by atoms with Gasteiger partial charge in [0.05, 0.1) is 0 Å². The van der Waals surface area contributed by atoms with E-state index in [2.05, 4.69) is 4.31 Å². The van der Waals surface area contributed by atoms with Crippen molar-refractivity contribution in [3.63, 3.8) is 0 Å². The molecule has 4 N–H and O–H groups in total. The third-order valence-corrected chi connectivity index (χ3v) is 1.91. The third kappa shape index (κ3) is 18.6. The van der Waals surface area contributed by atoms with E-state index in [4.69, 9.17) is 19.6 Å². The minimum absolute atomic E-state index is 0. The number of hydrogen-bond acceptors (Lipinski definition) is 3. The zero-order chi connectivity index (χ0) is 7.71. The summed E-state index contributed by atoms with van der Waals surface area (Å²) in [5, 5.41) is 0. The van der Waals surface area contributed by atoms with Gasteiger partial charge in [0.25, 0.3) is 0 Å². The van der Waals surface area contributed by atoms with Crippen molar-refractivity contribution in [3.8, 4) is 0 Å². The molecular weight excluding hydrogens is 253 g/mol. The fourth-order valence-electron chi connectivity index (χ4n) is 0.139. The van der Waals surface area contributed by atoms with Crippen LogP contribution in [-0.2, 0) is 30.5 Å². The van der Waals surface area contributed by atoms with Gasteiger partial charge < -0.3 is 19.6 Å². The molecule has 0 aliphatic carbocycles. The Hall–Kier alpha value is 1.78. The second-order valence-electron chi connectivity index (χ2n) is 1.06. The average molecular weight is 257 g/mol. The van der Waals surface area contributed by atoms with Gasteiger partial charge in [-0.1, -0.05) is 0 Å². The van der Waals surface area contributed by atoms with E-state index in [-0.39, 0.29) is 46.6 Å². The molecule has 0 spiro atoms. The Morgan fingerprint density at radius 1 is 0.909 bits per heavy atom. The zero-order valence-electron chi connectivity index (χ0n) is 5.26. The van der Waals surface area contributed by atoms with Gasteiger partial charge in [0.15, 0.2) is 0 Å². The van der Waals surface area contributed by atoms with Gasteiger partial charge in [-0.25, -0.2) is 9.13 Å². The molecule has 0 aromatic rings. The molecule has 1 radical (unpaired) electrons. The van der Waals surface area contributed by atoms with Crippen LogP contribution in [0.2, 0.25) is 0 Å². The van der Waals surface area contributed by atoms with Crippen molar-refractivity contribution >= 4 is 45.2 Å². The molecule has 0 unspecified atom stereocenters. The Kier molecular flexibility index (Phi) is 10.6. The largest absolute Gasteiger partial charge is 0.478 e. The molecule has 0 aliphatic rings. The topological polar surface area (TPSA) is 124 Å². The Morgan fingerprint density at radius 2 is 1.09 bits per heavy atom. The molecule has 0 saturated carbocycles. The summed E-state index contributed by atoms with van der Waals surface area (Å²) in [5.41, 5.74) is 0. The van der Waals surface area contributed by atoms with Crippen molar-refractivity contribution in [2.75, 3.05) is 0 Å². The van der Waals surface area contributed by atoms with Crippen LogP contribution in [0.1, 0.15) is 0 Å². The molecule has 0 aromatic carbocycles. The Morgan fingerprint density at radius 3 is 1.09 bits per heavy atom. The predicted molar refractivity (Wildman–Crippen MR) is 30.9 cm³/mol. The standard InChI is InChI=1S/Fe.Na.H4O7P2/c;;1-8(2,3)7-9(4,5)6/h;;(H2,1,2,3)(H2,4,5,6). The number of hydrogen-bond donors (Lipinski definition) is 4. The van der Waals surface area contributed by atoms with Crippen molar-refractivity contribution in [2.45, 2.75) is 0 Å². The van der Waals surface area contributed by atoms with E-state index in [1.165, 1.54) is 0 Å². The summed E-state index contributed by atoms with van der Waals surface area (Å²) in [6.45, 7) is 0. The predicted octanol–water partition coefficient (Wildman–Crippen LogP) is -1.19. The van der Waals surface area contributed by atoms with Gasteiger partial charge in [-0.3, -0.25) is 0 Å². The van der Waals surface area contributed by atoms with E-state index in [1.807, 2.05) is 0 Å². The van der Waals surface area contributed by atoms with E-state index >= 15 is 0 Å². The first-order valence-electron chi connectivity index (χ1n) is 1.53. The molecule has 0 heterocycles. The number of phosphoric acid groups is 2. The molecule has 0 bridgehead atoms. The second kappa shape index (κ2) is 6.27. The van der Waals surface area contributed by atoms with E-state index in [0.717, 1.165) is 0 Å². The first-order valence-corrected chi connectivity index (χ1v) is 4.59. The van der Waals surface area contributed by atoms with Crippen LogP contribution in [0.3, 0.4) is 0 Å². The van der Waals surface area contributed by atoms with Crippen molar-refractivity contribution in [3.05, 3.63) is 0 Å². The first-order chi connectivity index (χ1) is 3.71. The molecular formula is H4FeNaO7P2. The molecule has 65 valence electrons. The summed E-state index contributed by atoms with van der Waals surface area (Å²) >= 11 is 0. The van der Waals surface area contributed by atoms with Crippen LogP contribution in [0.5, 0.6) is 0 Å². The van der Waals surface area contributed by atoms with Crippen LogP contribution >= 0.6 is 15.6 Å². The second-order valence-corrected chi connectivity index (χ2v) is 3.68. The van der Waals surface area contributed by atoms with Crippen LogP contribution in [0.25, 0.3) is 0 Å². The summed E-state index contributed by atoms with van der Waals surface area (Å²) in [6, 6.07) is 0. The van der Waals surface area contributed by atoms with Crippen molar-refractivity contribution in [1.29, 1.82) is 0 Å². The molecule has 0 aliphatic heterocycles. The van der Waals surface area contributed by atoms with Gasteiger partial charge >= 0.3 is 15.6 Å². The molecule has 7 nitrogen and oxygen atoms in total. The minimum Gasteiger partial charge on any atom is -0.302 e. The molecule has 0 fully saturated rings. The molecule has 0 amide bonds. The van der Waals surface area contributed by atoms with Crippen LogP contribution in [0.15, 0.2) is 0 Å². The van der Waals surface area contributed by atoms with Gasteiger partial charge in [-0.05, 0) is 0 Å². The maximum Gasteiger partial charge on any atom is 0.478 e. The Labute approximate surface area is 94.8 Å². The Balaban J connectivity index is -0.000000320. The maximum absolute atomic E-state index is 9.63. The quantitative estimate of drug-likeness (QED) is 0.362. The summed E-state index contributed by atoms with van der Waals surface area (Å²) in [6.07, 6.45) is 0. The molecule has 11 heteroatoms. The molecule has 0 rings (SSSR count). The van der Waals surface area contributed by atoms with E-state index in [1.54, 1.807) is 0 Å². The van der Waals surface area contributed by atoms with Crippen molar-refractivity contribution in [2.24, 2.45) is 0 Å². The summed E-state index contributed by atoms with van der Waals surface area (Å²) in [7, 11) is -10.1. The molecule has 0 saturated heterocycles. The smallest absolute Gasteiger partial charge is 0.302 e. The van der Waals surface area contributed by atoms with Crippen molar-refractivity contribution in [1.82, 2.24) is 0 Å². The van der Waals surface area contributed by atoms with Crippen molar-refractivity contribution < 1.29 is 50.1 Å². The fraction of sp³-hybridized carbons (Fsp3) is 0. The van der Waals surface area contributed by atoms with E-state index in [0.29, 0.717) is 0 Å². The van der Waals surface area contributed by atoms with E-state index < -0.39 is 15.6 Å². The third-order valence-electron chi connectivity index (χ3n) is 0.213. The molecule has 0 atom stereocenters. The summed E-state index contributed by atoms with van der Waals surface area (Å²) in [4.78, 5) is 31.0. The van der Waals surface area contributed by atoms with Gasteiger partial charge in [-0.2, -0.15) is 4.31 Å². The zero-order valence-corrected chi connectivity index (χ0v) is 10.2. The minimum atomic E-state index is -5.05. The normalized spacial score (nSPS) is 11.3. The SMILES string of the molecule is O=P(O)(O)OP(=O)(O)O.[Fe].[Na]. The van der Waals surface area contributed by atoms with E-state index in [9.17, 15) is 9.13 Å². The Bertz CT molecular complexity index is 157. The van der Waals surface area contributed by atoms with Gasteiger partial charge in [0, 0.05) is 46.6 Å². The first kappa shape index (κ1) is 18.5. The maximum atomic E-state index is 9.63. The van der Waals surface area contributed by atoms with Crippen LogP contribution in [0, 0.1) is 0 Å². The van der Waals surface area contributed by atoms with Crippen LogP contribution in [0.4, 0.5) is 0 Å². The fourth-order valence-corrected chi connectivity index (χ4v) is 1.25. The summed E-state index contributed by atoms with van der Waals surface area (Å²) in [5.74, 6) is 0.